The van der Waals surface area contributed by atoms with Gasteiger partial charge in [-0.2, -0.15) is 0 Å². The third-order valence-corrected chi connectivity index (χ3v) is 5.02. The van der Waals surface area contributed by atoms with E-state index < -0.39 is 0 Å². The van der Waals surface area contributed by atoms with Crippen molar-refractivity contribution in [2.45, 2.75) is 6.42 Å². The molecular formula is C20H14ClN3O2S. The van der Waals surface area contributed by atoms with E-state index >= 15 is 0 Å². The highest BCUT2D eigenvalue weighted by molar-refractivity contribution is 7.15. The van der Waals surface area contributed by atoms with Crippen molar-refractivity contribution in [3.8, 4) is 11.3 Å². The lowest BCUT2D eigenvalue weighted by Gasteiger charge is -2.00. The average Bonchev–Trinajstić information content (AvgIpc) is 3.33. The number of nitrogens with one attached hydrogen (secondary N) is 1. The summed E-state index contributed by atoms with van der Waals surface area (Å²) in [6.45, 7) is 0. The maximum absolute atomic E-state index is 12.4. The Morgan fingerprint density at radius 1 is 1.00 bits per heavy atom. The first-order valence-corrected chi connectivity index (χ1v) is 9.41. The summed E-state index contributed by atoms with van der Waals surface area (Å²) in [5.41, 5.74) is 1.88. The first-order valence-electron chi connectivity index (χ1n) is 8.21. The number of furan rings is 1. The number of benzene rings is 2. The Kier molecular flexibility index (Phi) is 5.00. The minimum Gasteiger partial charge on any atom is -0.451 e. The molecule has 0 aliphatic heterocycles. The fourth-order valence-electron chi connectivity index (χ4n) is 2.57. The normalized spacial score (nSPS) is 10.7. The van der Waals surface area contributed by atoms with Gasteiger partial charge in [0.15, 0.2) is 5.76 Å². The number of anilines is 1. The maximum atomic E-state index is 12.4. The standard InChI is InChI=1S/C20H14ClN3O2S/c21-15-9-5-4-8-14(15)16-10-11-17(26-16)19(25)22-20-24-23-18(27-20)12-13-6-2-1-3-7-13/h1-11H,12H2,(H,22,24,25). The third-order valence-electron chi connectivity index (χ3n) is 3.85. The van der Waals surface area contributed by atoms with Gasteiger partial charge in [-0.05, 0) is 29.8 Å². The molecule has 0 saturated heterocycles. The van der Waals surface area contributed by atoms with E-state index in [1.54, 1.807) is 18.2 Å². The van der Waals surface area contributed by atoms with Crippen LogP contribution < -0.4 is 5.32 Å². The molecule has 0 aliphatic carbocycles. The number of aromatic nitrogens is 2. The van der Waals surface area contributed by atoms with Crippen LogP contribution in [0.25, 0.3) is 11.3 Å². The summed E-state index contributed by atoms with van der Waals surface area (Å²) in [5.74, 6) is 0.341. The van der Waals surface area contributed by atoms with Crippen molar-refractivity contribution in [1.29, 1.82) is 0 Å². The second kappa shape index (κ2) is 7.73. The molecule has 1 amide bonds. The SMILES string of the molecule is O=C(Nc1nnc(Cc2ccccc2)s1)c1ccc(-c2ccccc2Cl)o1. The van der Waals surface area contributed by atoms with Gasteiger partial charge in [-0.15, -0.1) is 10.2 Å². The van der Waals surface area contributed by atoms with E-state index in [4.69, 9.17) is 16.0 Å². The zero-order chi connectivity index (χ0) is 18.6. The van der Waals surface area contributed by atoms with E-state index in [-0.39, 0.29) is 11.7 Å². The Bertz CT molecular complexity index is 1080. The van der Waals surface area contributed by atoms with Gasteiger partial charge in [0.2, 0.25) is 5.13 Å². The second-order valence-corrected chi connectivity index (χ2v) is 7.23. The van der Waals surface area contributed by atoms with Gasteiger partial charge in [0, 0.05) is 12.0 Å². The van der Waals surface area contributed by atoms with Gasteiger partial charge in [-0.3, -0.25) is 10.1 Å². The lowest BCUT2D eigenvalue weighted by atomic mass is 10.2. The molecule has 2 aromatic carbocycles. The molecule has 2 aromatic heterocycles. The fraction of sp³-hybridized carbons (Fsp3) is 0.0500. The van der Waals surface area contributed by atoms with Crippen LogP contribution in [0.4, 0.5) is 5.13 Å². The molecule has 0 spiro atoms. The molecule has 4 rings (SSSR count). The van der Waals surface area contributed by atoms with Crippen molar-refractivity contribution >= 4 is 34.0 Å². The quantitative estimate of drug-likeness (QED) is 0.498. The minimum atomic E-state index is -0.379. The lowest BCUT2D eigenvalue weighted by Crippen LogP contribution is -2.10. The van der Waals surface area contributed by atoms with Gasteiger partial charge in [0.05, 0.1) is 5.02 Å². The van der Waals surface area contributed by atoms with Gasteiger partial charge in [-0.25, -0.2) is 0 Å². The maximum Gasteiger partial charge on any atom is 0.293 e. The van der Waals surface area contributed by atoms with Crippen molar-refractivity contribution in [3.05, 3.63) is 88.1 Å². The number of halogens is 1. The number of hydrogen-bond donors (Lipinski definition) is 1. The summed E-state index contributed by atoms with van der Waals surface area (Å²) in [5, 5.41) is 12.7. The zero-order valence-corrected chi connectivity index (χ0v) is 15.6. The summed E-state index contributed by atoms with van der Waals surface area (Å²) in [7, 11) is 0. The number of hydrogen-bond acceptors (Lipinski definition) is 5. The largest absolute Gasteiger partial charge is 0.451 e. The van der Waals surface area contributed by atoms with Crippen LogP contribution in [-0.4, -0.2) is 16.1 Å². The Morgan fingerprint density at radius 2 is 1.78 bits per heavy atom. The van der Waals surface area contributed by atoms with Crippen LogP contribution in [0.1, 0.15) is 21.1 Å². The van der Waals surface area contributed by atoms with Crippen molar-refractivity contribution in [2.24, 2.45) is 0 Å². The number of carbonyl (C=O) groups is 1. The summed E-state index contributed by atoms with van der Waals surface area (Å²) in [6, 6.07) is 20.6. The molecule has 0 bridgehead atoms. The predicted molar refractivity (Wildman–Crippen MR) is 106 cm³/mol. The zero-order valence-electron chi connectivity index (χ0n) is 14.1. The Morgan fingerprint density at radius 3 is 2.59 bits per heavy atom. The molecule has 134 valence electrons. The number of amides is 1. The smallest absolute Gasteiger partial charge is 0.293 e. The number of nitrogens with zero attached hydrogens (tertiary/aromatic N) is 2. The Hall–Kier alpha value is -2.96. The minimum absolute atomic E-state index is 0.185. The lowest BCUT2D eigenvalue weighted by molar-refractivity contribution is 0.0997. The molecule has 0 radical (unpaired) electrons. The monoisotopic (exact) mass is 395 g/mol. The van der Waals surface area contributed by atoms with Crippen LogP contribution >= 0.6 is 22.9 Å². The second-order valence-electron chi connectivity index (χ2n) is 5.76. The van der Waals surface area contributed by atoms with E-state index in [1.807, 2.05) is 48.5 Å². The van der Waals surface area contributed by atoms with Crippen LogP contribution in [0.5, 0.6) is 0 Å². The number of carbonyl (C=O) groups excluding carboxylic acids is 1. The first kappa shape index (κ1) is 17.5. The van der Waals surface area contributed by atoms with Crippen molar-refractivity contribution < 1.29 is 9.21 Å². The molecule has 4 aromatic rings. The third kappa shape index (κ3) is 4.07. The highest BCUT2D eigenvalue weighted by Crippen LogP contribution is 2.29. The molecule has 0 fully saturated rings. The predicted octanol–water partition coefficient (Wildman–Crippen LogP) is 5.29. The van der Waals surface area contributed by atoms with Crippen LogP contribution in [0.3, 0.4) is 0 Å². The van der Waals surface area contributed by atoms with E-state index in [0.29, 0.717) is 22.3 Å². The van der Waals surface area contributed by atoms with Crippen molar-refractivity contribution in [1.82, 2.24) is 10.2 Å². The van der Waals surface area contributed by atoms with Gasteiger partial charge < -0.3 is 4.42 Å². The van der Waals surface area contributed by atoms with Crippen LogP contribution in [0, 0.1) is 0 Å². The van der Waals surface area contributed by atoms with E-state index in [1.165, 1.54) is 11.3 Å². The summed E-state index contributed by atoms with van der Waals surface area (Å²) in [6.07, 6.45) is 0.672. The molecule has 2 heterocycles. The topological polar surface area (TPSA) is 68.0 Å². The first-order chi connectivity index (χ1) is 13.2. The molecule has 5 nitrogen and oxygen atoms in total. The summed E-state index contributed by atoms with van der Waals surface area (Å²) >= 11 is 7.51. The van der Waals surface area contributed by atoms with E-state index in [0.717, 1.165) is 16.1 Å². The molecule has 1 N–H and O–H groups in total. The van der Waals surface area contributed by atoms with Gasteiger partial charge in [0.25, 0.3) is 5.91 Å². The highest BCUT2D eigenvalue weighted by Gasteiger charge is 2.16. The highest BCUT2D eigenvalue weighted by atomic mass is 35.5. The summed E-state index contributed by atoms with van der Waals surface area (Å²) < 4.78 is 5.65. The molecule has 0 atom stereocenters. The van der Waals surface area contributed by atoms with Gasteiger partial charge in [0.1, 0.15) is 10.8 Å². The Labute approximate surface area is 164 Å². The molecule has 27 heavy (non-hydrogen) atoms. The van der Waals surface area contributed by atoms with E-state index in [9.17, 15) is 4.79 Å². The Balaban J connectivity index is 1.45. The number of rotatable bonds is 5. The van der Waals surface area contributed by atoms with Crippen LogP contribution in [0.15, 0.2) is 71.1 Å². The van der Waals surface area contributed by atoms with E-state index in [2.05, 4.69) is 15.5 Å². The van der Waals surface area contributed by atoms with Crippen LogP contribution in [-0.2, 0) is 6.42 Å². The molecule has 7 heteroatoms. The van der Waals surface area contributed by atoms with Gasteiger partial charge in [-0.1, -0.05) is 65.4 Å². The van der Waals surface area contributed by atoms with Crippen molar-refractivity contribution in [2.75, 3.05) is 5.32 Å². The molecule has 0 unspecified atom stereocenters. The fourth-order valence-corrected chi connectivity index (χ4v) is 3.57. The van der Waals surface area contributed by atoms with Gasteiger partial charge >= 0.3 is 0 Å². The molecular weight excluding hydrogens is 382 g/mol. The molecule has 0 saturated carbocycles. The van der Waals surface area contributed by atoms with Crippen molar-refractivity contribution in [3.63, 3.8) is 0 Å². The molecule has 0 aliphatic rings. The average molecular weight is 396 g/mol. The summed E-state index contributed by atoms with van der Waals surface area (Å²) in [4.78, 5) is 12.4. The van der Waals surface area contributed by atoms with Crippen LogP contribution in [0.2, 0.25) is 5.02 Å².